The predicted octanol–water partition coefficient (Wildman–Crippen LogP) is 2.34. The van der Waals surface area contributed by atoms with Crippen LogP contribution in [0, 0.1) is 6.92 Å². The zero-order valence-electron chi connectivity index (χ0n) is 11.2. The number of aromatic nitrogens is 1. The molecule has 21 heavy (non-hydrogen) atoms. The van der Waals surface area contributed by atoms with E-state index in [0.29, 0.717) is 10.6 Å². The number of nitrogen functional groups attached to an aromatic ring is 1. The van der Waals surface area contributed by atoms with Gasteiger partial charge in [-0.05, 0) is 25.1 Å². The second kappa shape index (κ2) is 5.63. The minimum Gasteiger partial charge on any atom is -0.375 e. The van der Waals surface area contributed by atoms with Crippen LogP contribution in [-0.4, -0.2) is 25.6 Å². The molecule has 1 amide bonds. The predicted molar refractivity (Wildman–Crippen MR) is 83.8 cm³/mol. The first-order chi connectivity index (χ1) is 9.68. The van der Waals surface area contributed by atoms with Gasteiger partial charge in [0.2, 0.25) is 0 Å². The fraction of sp³-hybridized carbons (Fsp3) is 0.167. The molecule has 0 atom stereocenters. The van der Waals surface area contributed by atoms with E-state index in [1.54, 1.807) is 6.92 Å². The van der Waals surface area contributed by atoms with Gasteiger partial charge in [0.15, 0.2) is 15.0 Å². The summed E-state index contributed by atoms with van der Waals surface area (Å²) < 4.78 is 23.1. The van der Waals surface area contributed by atoms with Crippen molar-refractivity contribution in [3.8, 4) is 0 Å². The van der Waals surface area contributed by atoms with Crippen molar-refractivity contribution in [2.45, 2.75) is 11.8 Å². The standard InChI is InChI=1S/C12H12ClN3O3S2/c1-6-10(20-12(14)15-6)11(17)16-9-5-7(21(2,18)19)3-4-8(9)13/h3-5H,1-2H3,(H2,14,15)(H,16,17). The first-order valence-electron chi connectivity index (χ1n) is 5.72. The quantitative estimate of drug-likeness (QED) is 0.888. The van der Waals surface area contributed by atoms with Crippen molar-refractivity contribution in [1.29, 1.82) is 0 Å². The van der Waals surface area contributed by atoms with Crippen molar-refractivity contribution >= 4 is 49.5 Å². The van der Waals surface area contributed by atoms with E-state index in [9.17, 15) is 13.2 Å². The van der Waals surface area contributed by atoms with E-state index in [4.69, 9.17) is 17.3 Å². The highest BCUT2D eigenvalue weighted by atomic mass is 35.5. The number of nitrogens with one attached hydrogen (secondary N) is 1. The molecular formula is C12H12ClN3O3S2. The maximum absolute atomic E-state index is 12.2. The summed E-state index contributed by atoms with van der Waals surface area (Å²) in [6.45, 7) is 1.66. The summed E-state index contributed by atoms with van der Waals surface area (Å²) in [5.41, 5.74) is 6.27. The topological polar surface area (TPSA) is 102 Å². The van der Waals surface area contributed by atoms with Gasteiger partial charge in [0.05, 0.1) is 21.3 Å². The molecule has 1 heterocycles. The summed E-state index contributed by atoms with van der Waals surface area (Å²) in [4.78, 5) is 16.5. The van der Waals surface area contributed by atoms with E-state index in [2.05, 4.69) is 10.3 Å². The lowest BCUT2D eigenvalue weighted by molar-refractivity contribution is 0.102. The lowest BCUT2D eigenvalue weighted by Crippen LogP contribution is -2.12. The fourth-order valence-electron chi connectivity index (χ4n) is 1.64. The normalized spacial score (nSPS) is 11.4. The zero-order valence-corrected chi connectivity index (χ0v) is 13.6. The van der Waals surface area contributed by atoms with Crippen LogP contribution in [0.2, 0.25) is 5.02 Å². The van der Waals surface area contributed by atoms with E-state index in [1.165, 1.54) is 18.2 Å². The van der Waals surface area contributed by atoms with Gasteiger partial charge in [-0.2, -0.15) is 0 Å². The number of hydrogen-bond donors (Lipinski definition) is 2. The molecule has 0 unspecified atom stereocenters. The van der Waals surface area contributed by atoms with Crippen LogP contribution in [-0.2, 0) is 9.84 Å². The molecule has 0 fully saturated rings. The van der Waals surface area contributed by atoms with Gasteiger partial charge in [-0.1, -0.05) is 22.9 Å². The number of benzene rings is 1. The Labute approximate surface area is 130 Å². The maximum Gasteiger partial charge on any atom is 0.267 e. The van der Waals surface area contributed by atoms with Crippen molar-refractivity contribution in [3.63, 3.8) is 0 Å². The molecule has 6 nitrogen and oxygen atoms in total. The first-order valence-corrected chi connectivity index (χ1v) is 8.81. The van der Waals surface area contributed by atoms with Crippen LogP contribution in [0.3, 0.4) is 0 Å². The van der Waals surface area contributed by atoms with E-state index in [0.717, 1.165) is 17.6 Å². The van der Waals surface area contributed by atoms with Crippen LogP contribution in [0.1, 0.15) is 15.4 Å². The Morgan fingerprint density at radius 1 is 1.43 bits per heavy atom. The van der Waals surface area contributed by atoms with Crippen LogP contribution in [0.5, 0.6) is 0 Å². The molecule has 1 aromatic heterocycles. The number of amides is 1. The summed E-state index contributed by atoms with van der Waals surface area (Å²) in [7, 11) is -3.39. The van der Waals surface area contributed by atoms with Crippen molar-refractivity contribution in [2.24, 2.45) is 0 Å². The van der Waals surface area contributed by atoms with E-state index in [-0.39, 0.29) is 20.7 Å². The van der Waals surface area contributed by atoms with Gasteiger partial charge in [-0.15, -0.1) is 0 Å². The highest BCUT2D eigenvalue weighted by molar-refractivity contribution is 7.90. The van der Waals surface area contributed by atoms with Gasteiger partial charge in [0.1, 0.15) is 4.88 Å². The number of rotatable bonds is 3. The third-order valence-corrected chi connectivity index (χ3v) is 5.06. The molecule has 0 radical (unpaired) electrons. The number of carbonyl (C=O) groups is 1. The molecular weight excluding hydrogens is 334 g/mol. The highest BCUT2D eigenvalue weighted by Crippen LogP contribution is 2.27. The summed E-state index contributed by atoms with van der Waals surface area (Å²) in [6.07, 6.45) is 1.08. The first kappa shape index (κ1) is 15.7. The maximum atomic E-state index is 12.2. The zero-order chi connectivity index (χ0) is 15.8. The van der Waals surface area contributed by atoms with Crippen molar-refractivity contribution in [1.82, 2.24) is 4.98 Å². The van der Waals surface area contributed by atoms with E-state index < -0.39 is 15.7 Å². The number of aryl methyl sites for hydroxylation is 1. The average Bonchev–Trinajstić information content (AvgIpc) is 2.70. The Hall–Kier alpha value is -1.64. The summed E-state index contributed by atoms with van der Waals surface area (Å²) in [6, 6.07) is 4.11. The minimum absolute atomic E-state index is 0.0720. The summed E-state index contributed by atoms with van der Waals surface area (Å²) >= 11 is 7.03. The number of nitrogens with zero attached hydrogens (tertiary/aromatic N) is 1. The second-order valence-electron chi connectivity index (χ2n) is 4.33. The lowest BCUT2D eigenvalue weighted by Gasteiger charge is -2.08. The SMILES string of the molecule is Cc1nc(N)sc1C(=O)Nc1cc(S(C)(=O)=O)ccc1Cl. The van der Waals surface area contributed by atoms with Crippen LogP contribution < -0.4 is 11.1 Å². The molecule has 1 aromatic carbocycles. The molecule has 0 aliphatic heterocycles. The van der Waals surface area contributed by atoms with Gasteiger partial charge < -0.3 is 11.1 Å². The number of sulfone groups is 1. The number of thiazole rings is 1. The third kappa shape index (κ3) is 3.52. The number of anilines is 2. The Balaban J connectivity index is 2.35. The van der Waals surface area contributed by atoms with Gasteiger partial charge in [-0.3, -0.25) is 4.79 Å². The number of carbonyl (C=O) groups excluding carboxylic acids is 1. The van der Waals surface area contributed by atoms with Crippen molar-refractivity contribution < 1.29 is 13.2 Å². The Morgan fingerprint density at radius 3 is 2.62 bits per heavy atom. The molecule has 9 heteroatoms. The Bertz CT molecular complexity index is 815. The van der Waals surface area contributed by atoms with Crippen LogP contribution in [0.4, 0.5) is 10.8 Å². The largest absolute Gasteiger partial charge is 0.375 e. The Kier molecular flexibility index (Phi) is 4.22. The molecule has 2 aromatic rings. The summed E-state index contributed by atoms with van der Waals surface area (Å²) in [5, 5.41) is 3.10. The van der Waals surface area contributed by atoms with E-state index in [1.807, 2.05) is 0 Å². The molecule has 0 spiro atoms. The molecule has 0 saturated carbocycles. The molecule has 3 N–H and O–H groups in total. The van der Waals surface area contributed by atoms with E-state index >= 15 is 0 Å². The van der Waals surface area contributed by atoms with Gasteiger partial charge >= 0.3 is 0 Å². The lowest BCUT2D eigenvalue weighted by atomic mass is 10.3. The van der Waals surface area contributed by atoms with Gasteiger partial charge in [0, 0.05) is 6.26 Å². The van der Waals surface area contributed by atoms with Crippen LogP contribution in [0.15, 0.2) is 23.1 Å². The second-order valence-corrected chi connectivity index (χ2v) is 7.79. The van der Waals surface area contributed by atoms with Crippen molar-refractivity contribution in [2.75, 3.05) is 17.3 Å². The molecule has 0 aliphatic rings. The summed E-state index contributed by atoms with van der Waals surface area (Å²) in [5.74, 6) is -0.436. The van der Waals surface area contributed by atoms with Crippen LogP contribution in [0.25, 0.3) is 0 Å². The molecule has 0 saturated heterocycles. The smallest absolute Gasteiger partial charge is 0.267 e. The van der Waals surface area contributed by atoms with Gasteiger partial charge in [-0.25, -0.2) is 13.4 Å². The highest BCUT2D eigenvalue weighted by Gasteiger charge is 2.17. The fourth-order valence-corrected chi connectivity index (χ4v) is 3.18. The average molecular weight is 346 g/mol. The molecule has 0 bridgehead atoms. The van der Waals surface area contributed by atoms with Gasteiger partial charge in [0.25, 0.3) is 5.91 Å². The van der Waals surface area contributed by atoms with Crippen LogP contribution >= 0.6 is 22.9 Å². The van der Waals surface area contributed by atoms with Crippen molar-refractivity contribution in [3.05, 3.63) is 33.8 Å². The monoisotopic (exact) mass is 345 g/mol. The minimum atomic E-state index is -3.39. The number of nitrogens with two attached hydrogens (primary N) is 1. The molecule has 2 rings (SSSR count). The molecule has 0 aliphatic carbocycles. The number of hydrogen-bond acceptors (Lipinski definition) is 6. The molecule has 112 valence electrons. The number of halogens is 1. The third-order valence-electron chi connectivity index (χ3n) is 2.63. The Morgan fingerprint density at radius 2 is 2.10 bits per heavy atom.